The van der Waals surface area contributed by atoms with Crippen LogP contribution in [0.4, 0.5) is 0 Å². The van der Waals surface area contributed by atoms with Gasteiger partial charge in [0.15, 0.2) is 0 Å². The van der Waals surface area contributed by atoms with Crippen molar-refractivity contribution in [3.63, 3.8) is 0 Å². The van der Waals surface area contributed by atoms with E-state index in [1.165, 1.54) is 37.7 Å². The van der Waals surface area contributed by atoms with Crippen molar-refractivity contribution in [2.75, 3.05) is 39.3 Å². The number of fused-ring (bicyclic) bond motifs is 2. The van der Waals surface area contributed by atoms with E-state index >= 15 is 0 Å². The number of pyridine rings is 1. The third-order valence-corrected chi connectivity index (χ3v) is 8.36. The summed E-state index contributed by atoms with van der Waals surface area (Å²) in [5.74, 6) is 1.13. The van der Waals surface area contributed by atoms with Gasteiger partial charge in [0, 0.05) is 31.6 Å². The molecule has 3 aromatic rings. The third kappa shape index (κ3) is 6.32. The van der Waals surface area contributed by atoms with E-state index in [-0.39, 0.29) is 11.3 Å². The van der Waals surface area contributed by atoms with Crippen molar-refractivity contribution in [1.29, 1.82) is 0 Å². The first-order valence-corrected chi connectivity index (χ1v) is 14.2. The number of rotatable bonds is 4. The number of hydrogen-bond donors (Lipinski definition) is 0. The number of carbonyl (C=O) groups excluding carboxylic acids is 1. The number of hydrogen-bond acceptors (Lipinski definition) is 4. The van der Waals surface area contributed by atoms with Gasteiger partial charge in [-0.1, -0.05) is 62.2 Å². The van der Waals surface area contributed by atoms with Crippen LogP contribution in [0.5, 0.6) is 5.75 Å². The van der Waals surface area contributed by atoms with Gasteiger partial charge in [-0.15, -0.1) is 0 Å². The standard InChI is InChI=1S/C32H41N3O2/c1-2-3-20-34-23-24-37-30-14-7-5-11-27(30)12-8-9-17-32(25-34)18-21-35(22-19-32)31(36)29-16-15-26-10-4-6-13-28(26)33-29/h4-7,10-11,13-16H,2-3,8-9,12,17-25H2,1H3. The van der Waals surface area contributed by atoms with E-state index in [1.807, 2.05) is 41.3 Å². The molecule has 1 aromatic heterocycles. The summed E-state index contributed by atoms with van der Waals surface area (Å²) in [5.41, 5.74) is 3.05. The zero-order valence-electron chi connectivity index (χ0n) is 22.3. The molecule has 1 saturated heterocycles. The Morgan fingerprint density at radius 2 is 1.76 bits per heavy atom. The molecular formula is C32H41N3O2. The number of nitrogens with zero attached hydrogens (tertiary/aromatic N) is 3. The Morgan fingerprint density at radius 1 is 0.946 bits per heavy atom. The van der Waals surface area contributed by atoms with E-state index in [4.69, 9.17) is 4.74 Å². The van der Waals surface area contributed by atoms with Crippen molar-refractivity contribution in [2.24, 2.45) is 5.41 Å². The van der Waals surface area contributed by atoms with Gasteiger partial charge in [0.1, 0.15) is 18.1 Å². The van der Waals surface area contributed by atoms with E-state index in [0.29, 0.717) is 5.69 Å². The van der Waals surface area contributed by atoms with Crippen molar-refractivity contribution in [3.05, 3.63) is 71.9 Å². The number of benzene rings is 2. The Bertz CT molecular complexity index is 1190. The number of aromatic nitrogens is 1. The largest absolute Gasteiger partial charge is 0.492 e. The quantitative estimate of drug-likeness (QED) is 0.419. The zero-order valence-corrected chi connectivity index (χ0v) is 22.3. The van der Waals surface area contributed by atoms with Crippen LogP contribution in [0, 0.1) is 5.41 Å². The minimum atomic E-state index is 0.0709. The maximum atomic E-state index is 13.4. The van der Waals surface area contributed by atoms with Crippen molar-refractivity contribution in [1.82, 2.24) is 14.8 Å². The van der Waals surface area contributed by atoms with Gasteiger partial charge in [0.2, 0.25) is 0 Å². The molecule has 0 atom stereocenters. The van der Waals surface area contributed by atoms with Gasteiger partial charge < -0.3 is 9.64 Å². The SMILES string of the molecule is CCCCN1CCOc2ccccc2CCCCC2(CCN(C(=O)c3ccc4ccccc4n3)CC2)C1. The second-order valence-corrected chi connectivity index (χ2v) is 11.0. The van der Waals surface area contributed by atoms with E-state index in [0.717, 1.165) is 75.2 Å². The monoisotopic (exact) mass is 499 g/mol. The number of unbranched alkanes of at least 4 members (excludes halogenated alkanes) is 1. The predicted octanol–water partition coefficient (Wildman–Crippen LogP) is 6.36. The highest BCUT2D eigenvalue weighted by Gasteiger charge is 2.37. The van der Waals surface area contributed by atoms with Crippen LogP contribution in [-0.2, 0) is 6.42 Å². The highest BCUT2D eigenvalue weighted by molar-refractivity contribution is 5.95. The summed E-state index contributed by atoms with van der Waals surface area (Å²) >= 11 is 0. The topological polar surface area (TPSA) is 45.7 Å². The maximum Gasteiger partial charge on any atom is 0.272 e. The molecule has 0 unspecified atom stereocenters. The van der Waals surface area contributed by atoms with E-state index in [9.17, 15) is 4.79 Å². The van der Waals surface area contributed by atoms with Crippen LogP contribution < -0.4 is 4.74 Å². The van der Waals surface area contributed by atoms with Crippen LogP contribution in [0.3, 0.4) is 0 Å². The molecule has 37 heavy (non-hydrogen) atoms. The summed E-state index contributed by atoms with van der Waals surface area (Å²) in [5, 5.41) is 1.07. The first-order chi connectivity index (χ1) is 18.2. The number of aryl methyl sites for hydroxylation is 1. The molecule has 0 aliphatic carbocycles. The molecule has 5 nitrogen and oxygen atoms in total. The summed E-state index contributed by atoms with van der Waals surface area (Å²) in [6.45, 7) is 7.81. The minimum absolute atomic E-state index is 0.0709. The van der Waals surface area contributed by atoms with Crippen LogP contribution in [0.1, 0.15) is 67.9 Å². The smallest absolute Gasteiger partial charge is 0.272 e. The second-order valence-electron chi connectivity index (χ2n) is 11.0. The molecule has 5 heteroatoms. The highest BCUT2D eigenvalue weighted by Crippen LogP contribution is 2.39. The lowest BCUT2D eigenvalue weighted by Gasteiger charge is -2.45. The normalized spacial score (nSPS) is 19.0. The van der Waals surface area contributed by atoms with Crippen molar-refractivity contribution in [3.8, 4) is 5.75 Å². The lowest BCUT2D eigenvalue weighted by Crippen LogP contribution is -2.49. The van der Waals surface area contributed by atoms with E-state index in [2.05, 4.69) is 41.1 Å². The molecule has 196 valence electrons. The van der Waals surface area contributed by atoms with E-state index in [1.54, 1.807) is 0 Å². The Morgan fingerprint density at radius 3 is 2.62 bits per heavy atom. The molecular weight excluding hydrogens is 458 g/mol. The molecule has 1 amide bonds. The molecule has 0 radical (unpaired) electrons. The molecule has 2 aliphatic heterocycles. The second kappa shape index (κ2) is 12.1. The van der Waals surface area contributed by atoms with Crippen molar-refractivity contribution < 1.29 is 9.53 Å². The number of para-hydroxylation sites is 2. The first kappa shape index (κ1) is 25.7. The van der Waals surface area contributed by atoms with Crippen molar-refractivity contribution in [2.45, 2.75) is 58.3 Å². The minimum Gasteiger partial charge on any atom is -0.492 e. The van der Waals surface area contributed by atoms with Gasteiger partial charge in [-0.3, -0.25) is 9.69 Å². The lowest BCUT2D eigenvalue weighted by molar-refractivity contribution is 0.0371. The number of carbonyl (C=O) groups is 1. The maximum absolute atomic E-state index is 13.4. The fourth-order valence-corrected chi connectivity index (χ4v) is 6.10. The molecule has 2 aromatic carbocycles. The predicted molar refractivity (Wildman–Crippen MR) is 150 cm³/mol. The zero-order chi connectivity index (χ0) is 25.5. The molecule has 2 aliphatic rings. The summed E-state index contributed by atoms with van der Waals surface area (Å²) in [4.78, 5) is 22.7. The van der Waals surface area contributed by atoms with Crippen LogP contribution >= 0.6 is 0 Å². The van der Waals surface area contributed by atoms with Gasteiger partial charge in [0.05, 0.1) is 5.52 Å². The fraction of sp³-hybridized carbons (Fsp3) is 0.500. The Balaban J connectivity index is 1.28. The molecule has 5 rings (SSSR count). The fourth-order valence-electron chi connectivity index (χ4n) is 6.10. The average molecular weight is 500 g/mol. The number of likely N-dealkylation sites (tertiary alicyclic amines) is 1. The molecule has 0 N–H and O–H groups in total. The molecule has 1 spiro atoms. The summed E-state index contributed by atoms with van der Waals surface area (Å²) in [6.07, 6.45) is 9.24. The number of amides is 1. The van der Waals surface area contributed by atoms with Crippen LogP contribution in [0.2, 0.25) is 0 Å². The van der Waals surface area contributed by atoms with Gasteiger partial charge >= 0.3 is 0 Å². The van der Waals surface area contributed by atoms with Crippen molar-refractivity contribution >= 4 is 16.8 Å². The summed E-state index contributed by atoms with van der Waals surface area (Å²) in [6, 6.07) is 20.5. The van der Waals surface area contributed by atoms with Crippen LogP contribution in [0.15, 0.2) is 60.7 Å². The van der Waals surface area contributed by atoms with Gasteiger partial charge in [-0.2, -0.15) is 0 Å². The van der Waals surface area contributed by atoms with Crippen LogP contribution in [0.25, 0.3) is 10.9 Å². The molecule has 0 bridgehead atoms. The lowest BCUT2D eigenvalue weighted by atomic mass is 9.73. The molecule has 1 fully saturated rings. The van der Waals surface area contributed by atoms with Gasteiger partial charge in [-0.05, 0) is 74.2 Å². The average Bonchev–Trinajstić information content (AvgIpc) is 2.94. The van der Waals surface area contributed by atoms with E-state index < -0.39 is 0 Å². The van der Waals surface area contributed by atoms with Crippen LogP contribution in [-0.4, -0.2) is 60.0 Å². The summed E-state index contributed by atoms with van der Waals surface area (Å²) < 4.78 is 6.27. The number of ether oxygens (including phenoxy) is 1. The Hall–Kier alpha value is -2.92. The molecule has 3 heterocycles. The Labute approximate surface area is 221 Å². The third-order valence-electron chi connectivity index (χ3n) is 8.36. The van der Waals surface area contributed by atoms with Gasteiger partial charge in [0.25, 0.3) is 5.91 Å². The molecule has 0 saturated carbocycles. The Kier molecular flexibility index (Phi) is 8.40. The highest BCUT2D eigenvalue weighted by atomic mass is 16.5. The van der Waals surface area contributed by atoms with Gasteiger partial charge in [-0.25, -0.2) is 4.98 Å². The number of piperidine rings is 1. The summed E-state index contributed by atoms with van der Waals surface area (Å²) in [7, 11) is 0. The first-order valence-electron chi connectivity index (χ1n) is 14.2.